The van der Waals surface area contributed by atoms with Gasteiger partial charge in [0.2, 0.25) is 0 Å². The summed E-state index contributed by atoms with van der Waals surface area (Å²) in [5, 5.41) is 7.74. The summed E-state index contributed by atoms with van der Waals surface area (Å²) in [4.78, 5) is 13.3. The maximum atomic E-state index is 13.3. The van der Waals surface area contributed by atoms with Crippen LogP contribution in [0.15, 0.2) is 42.4 Å². The van der Waals surface area contributed by atoms with E-state index in [1.165, 1.54) is 15.7 Å². The third kappa shape index (κ3) is 4.88. The molecule has 1 aromatic heterocycles. The first-order chi connectivity index (χ1) is 11.5. The zero-order chi connectivity index (χ0) is 17.5. The molecule has 24 heavy (non-hydrogen) atoms. The number of halogens is 1. The van der Waals surface area contributed by atoms with E-state index in [1.54, 1.807) is 44.6 Å². The van der Waals surface area contributed by atoms with Crippen molar-refractivity contribution in [2.24, 2.45) is 5.73 Å². The SMILES string of the molecule is CN(C)C(=O)c1ccc(OCc2cn(C/C(F)=C/CN)nn2)cc1. The predicted molar refractivity (Wildman–Crippen MR) is 87.1 cm³/mol. The molecule has 1 aromatic carbocycles. The second kappa shape index (κ2) is 8.21. The minimum atomic E-state index is -0.365. The first-order valence-electron chi connectivity index (χ1n) is 7.37. The number of carbonyl (C=O) groups is 1. The molecule has 1 heterocycles. The van der Waals surface area contributed by atoms with Crippen LogP contribution >= 0.6 is 0 Å². The van der Waals surface area contributed by atoms with Gasteiger partial charge in [-0.2, -0.15) is 0 Å². The molecule has 0 saturated heterocycles. The highest BCUT2D eigenvalue weighted by molar-refractivity contribution is 5.93. The van der Waals surface area contributed by atoms with Crippen LogP contribution < -0.4 is 10.5 Å². The van der Waals surface area contributed by atoms with Crippen LogP contribution in [-0.4, -0.2) is 46.4 Å². The molecule has 0 radical (unpaired) electrons. The summed E-state index contributed by atoms with van der Waals surface area (Å²) in [5.41, 5.74) is 6.40. The molecular weight excluding hydrogens is 313 g/mol. The second-order valence-corrected chi connectivity index (χ2v) is 5.31. The Kier molecular flexibility index (Phi) is 6.02. The fraction of sp³-hybridized carbons (Fsp3) is 0.312. The number of carbonyl (C=O) groups excluding carboxylic acids is 1. The summed E-state index contributed by atoms with van der Waals surface area (Å²) in [6.07, 6.45) is 2.89. The van der Waals surface area contributed by atoms with Crippen molar-refractivity contribution in [1.82, 2.24) is 19.9 Å². The molecule has 8 heteroatoms. The minimum Gasteiger partial charge on any atom is -0.487 e. The van der Waals surface area contributed by atoms with Crippen LogP contribution in [0.5, 0.6) is 5.75 Å². The Bertz CT molecular complexity index is 710. The van der Waals surface area contributed by atoms with Crippen LogP contribution in [0.2, 0.25) is 0 Å². The average molecular weight is 333 g/mol. The second-order valence-electron chi connectivity index (χ2n) is 5.31. The van der Waals surface area contributed by atoms with Crippen LogP contribution in [0.3, 0.4) is 0 Å². The lowest BCUT2D eigenvalue weighted by Crippen LogP contribution is -2.21. The normalized spacial score (nSPS) is 11.4. The van der Waals surface area contributed by atoms with Crippen molar-refractivity contribution < 1.29 is 13.9 Å². The zero-order valence-corrected chi connectivity index (χ0v) is 13.6. The van der Waals surface area contributed by atoms with Gasteiger partial charge < -0.3 is 15.4 Å². The Labute approximate surface area is 139 Å². The molecule has 2 rings (SSSR count). The predicted octanol–water partition coefficient (Wildman–Crippen LogP) is 1.37. The van der Waals surface area contributed by atoms with Gasteiger partial charge in [0.15, 0.2) is 0 Å². The monoisotopic (exact) mass is 333 g/mol. The average Bonchev–Trinajstić information content (AvgIpc) is 3.00. The number of rotatable bonds is 7. The molecule has 128 valence electrons. The van der Waals surface area contributed by atoms with Crippen molar-refractivity contribution in [1.29, 1.82) is 0 Å². The summed E-state index contributed by atoms with van der Waals surface area (Å²) in [5.74, 6) is 0.169. The maximum absolute atomic E-state index is 13.3. The first kappa shape index (κ1) is 17.6. The van der Waals surface area contributed by atoms with Gasteiger partial charge in [-0.3, -0.25) is 4.79 Å². The highest BCUT2D eigenvalue weighted by Gasteiger charge is 2.08. The molecular formula is C16H20FN5O2. The molecule has 2 aromatic rings. The van der Waals surface area contributed by atoms with E-state index in [0.29, 0.717) is 17.0 Å². The zero-order valence-electron chi connectivity index (χ0n) is 13.6. The highest BCUT2D eigenvalue weighted by Crippen LogP contribution is 2.14. The number of nitrogens with two attached hydrogens (primary N) is 1. The van der Waals surface area contributed by atoms with Gasteiger partial charge in [0.1, 0.15) is 23.9 Å². The Morgan fingerprint density at radius 1 is 1.38 bits per heavy atom. The van der Waals surface area contributed by atoms with Crippen LogP contribution in [0.4, 0.5) is 4.39 Å². The molecule has 0 saturated carbocycles. The Hall–Kier alpha value is -2.74. The van der Waals surface area contributed by atoms with E-state index >= 15 is 0 Å². The third-order valence-electron chi connectivity index (χ3n) is 3.13. The van der Waals surface area contributed by atoms with Crippen molar-refractivity contribution >= 4 is 5.91 Å². The third-order valence-corrected chi connectivity index (χ3v) is 3.13. The Balaban J connectivity index is 1.91. The van der Waals surface area contributed by atoms with Crippen molar-refractivity contribution in [3.8, 4) is 5.75 Å². The fourth-order valence-corrected chi connectivity index (χ4v) is 1.94. The summed E-state index contributed by atoms with van der Waals surface area (Å²) in [6, 6.07) is 6.82. The summed E-state index contributed by atoms with van der Waals surface area (Å²) >= 11 is 0. The number of ether oxygens (including phenoxy) is 1. The number of hydrogen-bond acceptors (Lipinski definition) is 5. The molecule has 0 aliphatic rings. The van der Waals surface area contributed by atoms with E-state index in [1.807, 2.05) is 0 Å². The highest BCUT2D eigenvalue weighted by atomic mass is 19.1. The Morgan fingerprint density at radius 2 is 2.08 bits per heavy atom. The molecule has 0 aliphatic heterocycles. The van der Waals surface area contributed by atoms with Gasteiger partial charge in [0.25, 0.3) is 5.91 Å². The molecule has 0 aliphatic carbocycles. The molecule has 0 bridgehead atoms. The smallest absolute Gasteiger partial charge is 0.253 e. The number of benzene rings is 1. The lowest BCUT2D eigenvalue weighted by Gasteiger charge is -2.10. The van der Waals surface area contributed by atoms with E-state index in [0.717, 1.165) is 0 Å². The number of amides is 1. The molecule has 0 unspecified atom stereocenters. The standard InChI is InChI=1S/C16H20FN5O2/c1-21(2)16(23)12-3-5-15(6-4-12)24-11-14-10-22(20-19-14)9-13(17)7-8-18/h3-7,10H,8-9,11,18H2,1-2H3/b13-7-. The van der Waals surface area contributed by atoms with E-state index in [-0.39, 0.29) is 31.4 Å². The summed E-state index contributed by atoms with van der Waals surface area (Å²) in [7, 11) is 3.39. The van der Waals surface area contributed by atoms with Crippen LogP contribution in [0.25, 0.3) is 0 Å². The molecule has 2 N–H and O–H groups in total. The maximum Gasteiger partial charge on any atom is 0.253 e. The number of hydrogen-bond donors (Lipinski definition) is 1. The molecule has 0 fully saturated rings. The van der Waals surface area contributed by atoms with Gasteiger partial charge in [-0.05, 0) is 30.3 Å². The van der Waals surface area contributed by atoms with Crippen molar-refractivity contribution in [3.63, 3.8) is 0 Å². The molecule has 7 nitrogen and oxygen atoms in total. The minimum absolute atomic E-state index is 0.00839. The topological polar surface area (TPSA) is 86.3 Å². The lowest BCUT2D eigenvalue weighted by molar-refractivity contribution is 0.0827. The van der Waals surface area contributed by atoms with E-state index < -0.39 is 0 Å². The fourth-order valence-electron chi connectivity index (χ4n) is 1.94. The quantitative estimate of drug-likeness (QED) is 0.827. The van der Waals surface area contributed by atoms with Crippen LogP contribution in [-0.2, 0) is 13.2 Å². The van der Waals surface area contributed by atoms with Crippen molar-refractivity contribution in [2.45, 2.75) is 13.2 Å². The van der Waals surface area contributed by atoms with Crippen LogP contribution in [0.1, 0.15) is 16.1 Å². The molecule has 0 spiro atoms. The Morgan fingerprint density at radius 3 is 2.71 bits per heavy atom. The summed E-state index contributed by atoms with van der Waals surface area (Å²) < 4.78 is 20.3. The van der Waals surface area contributed by atoms with Gasteiger partial charge in [-0.1, -0.05) is 5.21 Å². The van der Waals surface area contributed by atoms with E-state index in [4.69, 9.17) is 10.5 Å². The van der Waals surface area contributed by atoms with Gasteiger partial charge >= 0.3 is 0 Å². The van der Waals surface area contributed by atoms with Crippen molar-refractivity contribution in [3.05, 3.63) is 53.6 Å². The molecule has 0 atom stereocenters. The lowest BCUT2D eigenvalue weighted by atomic mass is 10.2. The van der Waals surface area contributed by atoms with Gasteiger partial charge in [0.05, 0.1) is 12.7 Å². The number of allylic oxidation sites excluding steroid dienone is 1. The van der Waals surface area contributed by atoms with Gasteiger partial charge in [-0.15, -0.1) is 5.10 Å². The van der Waals surface area contributed by atoms with Gasteiger partial charge in [0, 0.05) is 26.2 Å². The van der Waals surface area contributed by atoms with E-state index in [2.05, 4.69) is 10.3 Å². The van der Waals surface area contributed by atoms with Crippen LogP contribution in [0, 0.1) is 0 Å². The molecule has 1 amide bonds. The van der Waals surface area contributed by atoms with Gasteiger partial charge in [-0.25, -0.2) is 9.07 Å². The van der Waals surface area contributed by atoms with Crippen molar-refractivity contribution in [2.75, 3.05) is 20.6 Å². The summed E-state index contributed by atoms with van der Waals surface area (Å²) in [6.45, 7) is 0.331. The number of aromatic nitrogens is 3. The number of nitrogens with zero attached hydrogens (tertiary/aromatic N) is 4. The van der Waals surface area contributed by atoms with E-state index in [9.17, 15) is 9.18 Å². The largest absolute Gasteiger partial charge is 0.487 e. The first-order valence-corrected chi connectivity index (χ1v) is 7.37.